The smallest absolute Gasteiger partial charge is 0.203 e. The monoisotopic (exact) mass is 514 g/mol. The van der Waals surface area contributed by atoms with E-state index in [0.717, 1.165) is 36.7 Å². The molecule has 0 amide bonds. The van der Waals surface area contributed by atoms with Crippen molar-refractivity contribution in [2.24, 2.45) is 0 Å². The Morgan fingerprint density at radius 2 is 1.59 bits per heavy atom. The zero-order chi connectivity index (χ0) is 24.8. The zero-order valence-electron chi connectivity index (χ0n) is 20.2. The summed E-state index contributed by atoms with van der Waals surface area (Å²) >= 11 is 6.01. The number of aromatic nitrogens is 3. The number of para-hydroxylation sites is 2. The maximum absolute atomic E-state index is 6.36. The first kappa shape index (κ1) is 22.4. The van der Waals surface area contributed by atoms with Crippen molar-refractivity contribution in [3.63, 3.8) is 0 Å². The minimum atomic E-state index is -0.423. The van der Waals surface area contributed by atoms with Crippen LogP contribution in [0.15, 0.2) is 66.7 Å². The van der Waals surface area contributed by atoms with Gasteiger partial charge in [-0.3, -0.25) is 9.47 Å². The van der Waals surface area contributed by atoms with Gasteiger partial charge in [0.15, 0.2) is 34.9 Å². The molecule has 0 fully saturated rings. The Labute approximate surface area is 219 Å². The predicted octanol–water partition coefficient (Wildman–Crippen LogP) is 4.70. The Bertz CT molecular complexity index is 1530. The number of fused-ring (bicyclic) bond motifs is 3. The summed E-state index contributed by atoms with van der Waals surface area (Å²) in [5, 5.41) is 5.00. The molecule has 0 spiro atoms. The Morgan fingerprint density at radius 1 is 0.838 bits per heavy atom. The highest BCUT2D eigenvalue weighted by molar-refractivity contribution is 7.71. The first-order chi connectivity index (χ1) is 18.2. The molecular formula is C28H26N4O4S. The van der Waals surface area contributed by atoms with Crippen LogP contribution in [0, 0.1) is 4.77 Å². The molecule has 3 aliphatic rings. The molecule has 8 nitrogen and oxygen atoms in total. The third kappa shape index (κ3) is 4.14. The van der Waals surface area contributed by atoms with Crippen LogP contribution in [-0.4, -0.2) is 45.6 Å². The van der Waals surface area contributed by atoms with E-state index in [1.54, 1.807) is 0 Å². The van der Waals surface area contributed by atoms with Crippen LogP contribution in [-0.2, 0) is 19.6 Å². The van der Waals surface area contributed by atoms with E-state index in [1.165, 1.54) is 11.1 Å². The lowest BCUT2D eigenvalue weighted by Crippen LogP contribution is -2.32. The van der Waals surface area contributed by atoms with E-state index in [1.807, 2.05) is 51.7 Å². The molecule has 0 unspecified atom stereocenters. The number of rotatable bonds is 4. The van der Waals surface area contributed by atoms with Crippen LogP contribution in [0.1, 0.15) is 23.1 Å². The van der Waals surface area contributed by atoms with E-state index in [4.69, 9.17) is 36.3 Å². The van der Waals surface area contributed by atoms with Gasteiger partial charge < -0.3 is 18.9 Å². The summed E-state index contributed by atoms with van der Waals surface area (Å²) < 4.78 is 28.4. The van der Waals surface area contributed by atoms with Gasteiger partial charge in [-0.2, -0.15) is 5.10 Å². The number of hydrogen-bond donors (Lipinski definition) is 0. The third-order valence-corrected chi connectivity index (χ3v) is 7.38. The summed E-state index contributed by atoms with van der Waals surface area (Å²) in [6.45, 7) is 3.79. The predicted molar refractivity (Wildman–Crippen MR) is 139 cm³/mol. The van der Waals surface area contributed by atoms with Crippen molar-refractivity contribution in [3.05, 3.63) is 88.5 Å². The van der Waals surface area contributed by atoms with Crippen LogP contribution in [0.3, 0.4) is 0 Å². The molecule has 0 saturated heterocycles. The van der Waals surface area contributed by atoms with Gasteiger partial charge in [0.2, 0.25) is 4.77 Å². The van der Waals surface area contributed by atoms with Gasteiger partial charge in [0.25, 0.3) is 0 Å². The van der Waals surface area contributed by atoms with Gasteiger partial charge in [-0.1, -0.05) is 36.4 Å². The second-order valence-electron chi connectivity index (χ2n) is 9.38. The van der Waals surface area contributed by atoms with Crippen LogP contribution in [0.5, 0.6) is 23.0 Å². The highest BCUT2D eigenvalue weighted by Gasteiger charge is 2.30. The molecule has 188 valence electrons. The van der Waals surface area contributed by atoms with E-state index >= 15 is 0 Å². The highest BCUT2D eigenvalue weighted by Crippen LogP contribution is 2.37. The normalized spacial score (nSPS) is 18.3. The van der Waals surface area contributed by atoms with Crippen LogP contribution in [0.2, 0.25) is 0 Å². The summed E-state index contributed by atoms with van der Waals surface area (Å²) in [6, 6.07) is 22.2. The van der Waals surface area contributed by atoms with Gasteiger partial charge in [-0.05, 0) is 54.0 Å². The average Bonchev–Trinajstić information content (AvgIpc) is 3.27. The quantitative estimate of drug-likeness (QED) is 0.366. The highest BCUT2D eigenvalue weighted by atomic mass is 32.1. The van der Waals surface area contributed by atoms with Crippen molar-refractivity contribution >= 4 is 12.2 Å². The van der Waals surface area contributed by atoms with Gasteiger partial charge in [-0.15, -0.1) is 0 Å². The van der Waals surface area contributed by atoms with Crippen LogP contribution in [0.25, 0.3) is 5.69 Å². The molecule has 1 atom stereocenters. The molecule has 0 radical (unpaired) electrons. The van der Waals surface area contributed by atoms with Crippen molar-refractivity contribution in [2.45, 2.75) is 25.7 Å². The lowest BCUT2D eigenvalue weighted by molar-refractivity contribution is 0.0828. The average molecular weight is 515 g/mol. The van der Waals surface area contributed by atoms with Gasteiger partial charge in [0.05, 0.1) is 12.4 Å². The molecule has 4 heterocycles. The molecule has 0 saturated carbocycles. The Morgan fingerprint density at radius 3 is 2.49 bits per heavy atom. The SMILES string of the molecule is S=c1n(CN2CCc3ccccc3C2)nc([C@@H]2COc3ccccc3O2)n1-c1ccc2c(c1)OCCO2. The lowest BCUT2D eigenvalue weighted by atomic mass is 10.0. The molecular weight excluding hydrogens is 488 g/mol. The first-order valence-corrected chi connectivity index (χ1v) is 12.9. The number of hydrogen-bond acceptors (Lipinski definition) is 7. The fourth-order valence-electron chi connectivity index (χ4n) is 5.15. The van der Waals surface area contributed by atoms with Crippen molar-refractivity contribution in [3.8, 4) is 28.7 Å². The second-order valence-corrected chi connectivity index (χ2v) is 9.75. The maximum Gasteiger partial charge on any atom is 0.203 e. The summed E-state index contributed by atoms with van der Waals surface area (Å²) in [7, 11) is 0. The topological polar surface area (TPSA) is 62.9 Å². The summed E-state index contributed by atoms with van der Waals surface area (Å²) in [4.78, 5) is 2.37. The molecule has 0 bridgehead atoms. The van der Waals surface area contributed by atoms with Crippen molar-refractivity contribution in [1.82, 2.24) is 19.2 Å². The van der Waals surface area contributed by atoms with E-state index in [2.05, 4.69) is 29.2 Å². The molecule has 4 aromatic rings. The molecule has 1 aromatic heterocycles. The Hall–Kier alpha value is -3.82. The third-order valence-electron chi connectivity index (χ3n) is 6.99. The second kappa shape index (κ2) is 9.24. The maximum atomic E-state index is 6.36. The van der Waals surface area contributed by atoms with Crippen molar-refractivity contribution in [2.75, 3.05) is 26.4 Å². The number of benzene rings is 3. The summed E-state index contributed by atoms with van der Waals surface area (Å²) in [5.41, 5.74) is 3.62. The Kier molecular flexibility index (Phi) is 5.59. The van der Waals surface area contributed by atoms with E-state index in [0.29, 0.717) is 48.6 Å². The minimum Gasteiger partial charge on any atom is -0.486 e. The molecule has 3 aliphatic heterocycles. The first-order valence-electron chi connectivity index (χ1n) is 12.5. The molecule has 0 N–H and O–H groups in total. The summed E-state index contributed by atoms with van der Waals surface area (Å²) in [6.07, 6.45) is 0.586. The molecule has 9 heteroatoms. The van der Waals surface area contributed by atoms with Crippen LogP contribution in [0.4, 0.5) is 0 Å². The van der Waals surface area contributed by atoms with Crippen LogP contribution < -0.4 is 18.9 Å². The fraction of sp³-hybridized carbons (Fsp3) is 0.286. The van der Waals surface area contributed by atoms with Crippen molar-refractivity contribution in [1.29, 1.82) is 0 Å². The zero-order valence-corrected chi connectivity index (χ0v) is 21.0. The molecule has 0 aliphatic carbocycles. The van der Waals surface area contributed by atoms with E-state index < -0.39 is 6.10 Å². The standard InChI is InChI=1S/C28H26N4O4S/c37-28-31(18-30-12-11-19-5-1-2-6-20(19)16-30)29-27(26-17-35-22-7-3-4-8-24(22)36-26)32(28)21-9-10-23-25(15-21)34-14-13-33-23/h1-10,15,26H,11-14,16-18H2/t26-/m0/s1. The van der Waals surface area contributed by atoms with Gasteiger partial charge in [0, 0.05) is 19.2 Å². The van der Waals surface area contributed by atoms with E-state index in [9.17, 15) is 0 Å². The lowest BCUT2D eigenvalue weighted by Gasteiger charge is -2.28. The van der Waals surface area contributed by atoms with E-state index in [-0.39, 0.29) is 0 Å². The molecule has 7 rings (SSSR count). The van der Waals surface area contributed by atoms with Crippen molar-refractivity contribution < 1.29 is 18.9 Å². The van der Waals surface area contributed by atoms with Gasteiger partial charge in [-0.25, -0.2) is 4.68 Å². The Balaban J connectivity index is 1.27. The fourth-order valence-corrected chi connectivity index (χ4v) is 5.45. The van der Waals surface area contributed by atoms with Gasteiger partial charge in [0.1, 0.15) is 19.8 Å². The number of nitrogens with zero attached hydrogens (tertiary/aromatic N) is 4. The molecule has 3 aromatic carbocycles. The van der Waals surface area contributed by atoms with Crippen LogP contribution >= 0.6 is 12.2 Å². The minimum absolute atomic E-state index is 0.338. The van der Waals surface area contributed by atoms with Gasteiger partial charge >= 0.3 is 0 Å². The largest absolute Gasteiger partial charge is 0.486 e. The number of ether oxygens (including phenoxy) is 4. The molecule has 37 heavy (non-hydrogen) atoms. The summed E-state index contributed by atoms with van der Waals surface area (Å²) in [5.74, 6) is 3.54.